The molecule has 0 atom stereocenters. The molecule has 0 aromatic heterocycles. The summed E-state index contributed by atoms with van der Waals surface area (Å²) >= 11 is 0. The number of phenols is 4. The molecule has 2 fully saturated rings. The van der Waals surface area contributed by atoms with Crippen molar-refractivity contribution in [3.8, 4) is 23.0 Å². The molecular weight excluding hydrogens is 388 g/mol. The Morgan fingerprint density at radius 2 is 0.903 bits per heavy atom. The lowest BCUT2D eigenvalue weighted by molar-refractivity contribution is 0.0513. The average molecular weight is 425 g/mol. The molecule has 31 heavy (non-hydrogen) atoms. The third-order valence-electron chi connectivity index (χ3n) is 8.50. The molecule has 0 saturated heterocycles. The predicted molar refractivity (Wildman–Crippen MR) is 123 cm³/mol. The molecule has 2 aliphatic carbocycles. The third kappa shape index (κ3) is 4.49. The molecule has 0 radical (unpaired) electrons. The van der Waals surface area contributed by atoms with Crippen molar-refractivity contribution in [2.24, 2.45) is 17.3 Å². The molecule has 0 amide bonds. The minimum Gasteiger partial charge on any atom is -0.504 e. The van der Waals surface area contributed by atoms with E-state index in [9.17, 15) is 20.4 Å². The van der Waals surface area contributed by atoms with Crippen molar-refractivity contribution in [2.75, 3.05) is 0 Å². The maximum atomic E-state index is 9.84. The Kier molecular flexibility index (Phi) is 6.09. The Balaban J connectivity index is 1.34. The second-order valence-corrected chi connectivity index (χ2v) is 10.4. The molecule has 4 N–H and O–H groups in total. The smallest absolute Gasteiger partial charge is 0.157 e. The highest BCUT2D eigenvalue weighted by atomic mass is 16.3. The molecule has 2 aliphatic rings. The zero-order chi connectivity index (χ0) is 22.2. The van der Waals surface area contributed by atoms with Gasteiger partial charge in [-0.25, -0.2) is 0 Å². The Morgan fingerprint density at radius 1 is 0.548 bits per heavy atom. The zero-order valence-electron chi connectivity index (χ0n) is 18.7. The van der Waals surface area contributed by atoms with Crippen LogP contribution < -0.4 is 0 Å². The summed E-state index contributed by atoms with van der Waals surface area (Å²) in [6.07, 6.45) is 9.41. The Labute approximate surface area is 185 Å². The first-order valence-electron chi connectivity index (χ1n) is 11.8. The second kappa shape index (κ2) is 8.64. The summed E-state index contributed by atoms with van der Waals surface area (Å²) in [4.78, 5) is 0. The fourth-order valence-corrected chi connectivity index (χ4v) is 6.26. The summed E-state index contributed by atoms with van der Waals surface area (Å²) in [6, 6.07) is 10.6. The Bertz CT molecular complexity index is 830. The lowest BCUT2D eigenvalue weighted by Crippen LogP contribution is -2.36. The molecule has 0 aliphatic heterocycles. The van der Waals surface area contributed by atoms with Gasteiger partial charge in [0.15, 0.2) is 23.0 Å². The van der Waals surface area contributed by atoms with Crippen LogP contribution in [0.15, 0.2) is 36.4 Å². The normalized spacial score (nSPS) is 27.2. The maximum Gasteiger partial charge on any atom is 0.157 e. The van der Waals surface area contributed by atoms with Gasteiger partial charge in [-0.15, -0.1) is 0 Å². The molecule has 2 saturated carbocycles. The van der Waals surface area contributed by atoms with E-state index < -0.39 is 0 Å². The molecule has 4 nitrogen and oxygen atoms in total. The van der Waals surface area contributed by atoms with Gasteiger partial charge in [0, 0.05) is 0 Å². The monoisotopic (exact) mass is 424 g/mol. The Morgan fingerprint density at radius 3 is 1.23 bits per heavy atom. The summed E-state index contributed by atoms with van der Waals surface area (Å²) in [5.41, 5.74) is 2.60. The predicted octanol–water partition coefficient (Wildman–Crippen LogP) is 6.78. The van der Waals surface area contributed by atoms with E-state index >= 15 is 0 Å². The molecule has 0 bridgehead atoms. The van der Waals surface area contributed by atoms with Crippen molar-refractivity contribution in [3.05, 3.63) is 47.5 Å². The number of hydrogen-bond donors (Lipinski definition) is 4. The molecule has 0 heterocycles. The summed E-state index contributed by atoms with van der Waals surface area (Å²) in [5, 5.41) is 38.8. The van der Waals surface area contributed by atoms with Crippen LogP contribution in [0, 0.1) is 17.3 Å². The molecule has 2 aromatic carbocycles. The van der Waals surface area contributed by atoms with Gasteiger partial charge >= 0.3 is 0 Å². The number of rotatable bonds is 4. The summed E-state index contributed by atoms with van der Waals surface area (Å²) in [5.74, 6) is 2.25. The van der Waals surface area contributed by atoms with E-state index in [1.165, 1.54) is 25.7 Å². The van der Waals surface area contributed by atoms with Crippen LogP contribution in [0.1, 0.15) is 88.2 Å². The van der Waals surface area contributed by atoms with Gasteiger partial charge in [0.25, 0.3) is 0 Å². The van der Waals surface area contributed by atoms with Gasteiger partial charge in [-0.2, -0.15) is 0 Å². The van der Waals surface area contributed by atoms with Crippen LogP contribution in [-0.2, 0) is 0 Å². The van der Waals surface area contributed by atoms with Gasteiger partial charge < -0.3 is 20.4 Å². The van der Waals surface area contributed by atoms with E-state index in [0.717, 1.165) is 36.8 Å². The van der Waals surface area contributed by atoms with E-state index in [4.69, 9.17) is 0 Å². The SMILES string of the molecule is CC(C)(C1CCC(c2ccc(O)c(O)c2)CC1)C1CCC(c2ccc(O)c(O)c2)CC1. The van der Waals surface area contributed by atoms with Crippen molar-refractivity contribution in [1.82, 2.24) is 0 Å². The van der Waals surface area contributed by atoms with Gasteiger partial charge in [-0.05, 0) is 116 Å². The molecule has 2 aromatic rings. The van der Waals surface area contributed by atoms with Crippen molar-refractivity contribution in [1.29, 1.82) is 0 Å². The first kappa shape index (κ1) is 21.9. The lowest BCUT2D eigenvalue weighted by atomic mass is 9.58. The quantitative estimate of drug-likeness (QED) is 0.408. The summed E-state index contributed by atoms with van der Waals surface area (Å²) in [7, 11) is 0. The van der Waals surface area contributed by atoms with Crippen LogP contribution in [0.3, 0.4) is 0 Å². The van der Waals surface area contributed by atoms with Crippen LogP contribution in [0.25, 0.3) is 0 Å². The summed E-state index contributed by atoms with van der Waals surface area (Å²) in [6.45, 7) is 4.92. The van der Waals surface area contributed by atoms with E-state index in [0.29, 0.717) is 29.1 Å². The van der Waals surface area contributed by atoms with E-state index in [-0.39, 0.29) is 23.0 Å². The third-order valence-corrected chi connectivity index (χ3v) is 8.50. The van der Waals surface area contributed by atoms with Crippen molar-refractivity contribution in [3.63, 3.8) is 0 Å². The number of phenolic OH excluding ortho intramolecular Hbond substituents is 4. The average Bonchev–Trinajstić information content (AvgIpc) is 2.78. The fourth-order valence-electron chi connectivity index (χ4n) is 6.26. The molecule has 0 spiro atoms. The van der Waals surface area contributed by atoms with Gasteiger partial charge in [0.05, 0.1) is 0 Å². The van der Waals surface area contributed by atoms with Crippen LogP contribution >= 0.6 is 0 Å². The van der Waals surface area contributed by atoms with Crippen LogP contribution in [0.4, 0.5) is 0 Å². The van der Waals surface area contributed by atoms with E-state index in [2.05, 4.69) is 13.8 Å². The Hall–Kier alpha value is -2.36. The number of aromatic hydroxyl groups is 4. The highest BCUT2D eigenvalue weighted by Crippen LogP contribution is 2.52. The molecule has 168 valence electrons. The topological polar surface area (TPSA) is 80.9 Å². The number of benzene rings is 2. The van der Waals surface area contributed by atoms with Gasteiger partial charge in [-0.1, -0.05) is 26.0 Å². The molecular formula is C27H36O4. The first-order valence-corrected chi connectivity index (χ1v) is 11.8. The maximum absolute atomic E-state index is 9.84. The van der Waals surface area contributed by atoms with Crippen molar-refractivity contribution >= 4 is 0 Å². The molecule has 4 heteroatoms. The van der Waals surface area contributed by atoms with Crippen molar-refractivity contribution in [2.45, 2.75) is 77.0 Å². The largest absolute Gasteiger partial charge is 0.504 e. The lowest BCUT2D eigenvalue weighted by Gasteiger charge is -2.47. The van der Waals surface area contributed by atoms with Gasteiger partial charge in [0.2, 0.25) is 0 Å². The highest BCUT2D eigenvalue weighted by molar-refractivity contribution is 5.42. The first-order chi connectivity index (χ1) is 14.8. The number of hydrogen-bond acceptors (Lipinski definition) is 4. The van der Waals surface area contributed by atoms with E-state index in [1.807, 2.05) is 12.1 Å². The van der Waals surface area contributed by atoms with Gasteiger partial charge in [-0.3, -0.25) is 0 Å². The van der Waals surface area contributed by atoms with Crippen LogP contribution in [0.2, 0.25) is 0 Å². The van der Waals surface area contributed by atoms with Gasteiger partial charge in [0.1, 0.15) is 0 Å². The fraction of sp³-hybridized carbons (Fsp3) is 0.556. The molecule has 4 rings (SSSR count). The zero-order valence-corrected chi connectivity index (χ0v) is 18.7. The van der Waals surface area contributed by atoms with Crippen LogP contribution in [-0.4, -0.2) is 20.4 Å². The second-order valence-electron chi connectivity index (χ2n) is 10.4. The summed E-state index contributed by atoms with van der Waals surface area (Å²) < 4.78 is 0. The van der Waals surface area contributed by atoms with Crippen molar-refractivity contribution < 1.29 is 20.4 Å². The minimum atomic E-state index is -0.0447. The standard InChI is InChI=1S/C27H36O4/c1-27(2,21-9-3-17(4-10-21)19-7-13-23(28)25(30)15-19)22-11-5-18(6-12-22)20-8-14-24(29)26(31)16-20/h7-8,13-18,21-22,28-31H,3-6,9-12H2,1-2H3. The minimum absolute atomic E-state index is 0.0151. The molecule has 0 unspecified atom stereocenters. The highest BCUT2D eigenvalue weighted by Gasteiger charge is 2.40. The van der Waals surface area contributed by atoms with E-state index in [1.54, 1.807) is 24.3 Å². The van der Waals surface area contributed by atoms with Crippen LogP contribution in [0.5, 0.6) is 23.0 Å².